The molecule has 0 saturated carbocycles. The Bertz CT molecular complexity index is 702. The molecule has 2 aromatic carbocycles. The van der Waals surface area contributed by atoms with E-state index in [1.54, 1.807) is 0 Å². The average Bonchev–Trinajstić information content (AvgIpc) is 2.45. The van der Waals surface area contributed by atoms with Crippen molar-refractivity contribution in [2.45, 2.75) is 0 Å². The lowest BCUT2D eigenvalue weighted by atomic mass is 10.1. The summed E-state index contributed by atoms with van der Waals surface area (Å²) in [5.41, 5.74) is 0.100. The Kier molecular flexibility index (Phi) is 3.66. The number of amides is 1. The molecule has 21 heavy (non-hydrogen) atoms. The summed E-state index contributed by atoms with van der Waals surface area (Å²) >= 11 is 0. The number of phenols is 4. The molecule has 0 aromatic heterocycles. The van der Waals surface area contributed by atoms with Crippen LogP contribution in [0.3, 0.4) is 0 Å². The van der Waals surface area contributed by atoms with E-state index < -0.39 is 23.2 Å². The molecule has 0 heterocycles. The second-order valence-electron chi connectivity index (χ2n) is 4.21. The maximum Gasteiger partial charge on any atom is 0.255 e. The number of rotatable bonds is 3. The van der Waals surface area contributed by atoms with Crippen molar-refractivity contribution in [3.05, 3.63) is 41.5 Å². The number of hydrogen-bond donors (Lipinski definition) is 5. The van der Waals surface area contributed by atoms with Crippen LogP contribution in [0.2, 0.25) is 0 Å². The van der Waals surface area contributed by atoms with Crippen molar-refractivity contribution in [1.29, 1.82) is 0 Å². The van der Waals surface area contributed by atoms with Gasteiger partial charge in [-0.15, -0.1) is 0 Å². The zero-order valence-corrected chi connectivity index (χ0v) is 10.6. The van der Waals surface area contributed by atoms with Crippen LogP contribution < -0.4 is 5.32 Å². The maximum atomic E-state index is 12.0. The first kappa shape index (κ1) is 14.2. The van der Waals surface area contributed by atoms with Gasteiger partial charge in [-0.2, -0.15) is 0 Å². The summed E-state index contributed by atoms with van der Waals surface area (Å²) in [5, 5.41) is 39.6. The van der Waals surface area contributed by atoms with E-state index in [1.165, 1.54) is 18.2 Å². The molecule has 7 heteroatoms. The quantitative estimate of drug-likeness (QED) is 0.331. The number of nitrogens with one attached hydrogen (secondary N) is 1. The van der Waals surface area contributed by atoms with Crippen molar-refractivity contribution in [3.8, 4) is 23.0 Å². The van der Waals surface area contributed by atoms with Crippen LogP contribution in [-0.4, -0.2) is 32.6 Å². The number of carbonyl (C=O) groups is 2. The van der Waals surface area contributed by atoms with Crippen molar-refractivity contribution in [1.82, 2.24) is 0 Å². The smallest absolute Gasteiger partial charge is 0.255 e. The minimum atomic E-state index is -0.732. The molecule has 2 rings (SSSR count). The molecule has 0 fully saturated rings. The molecule has 2 aromatic rings. The van der Waals surface area contributed by atoms with E-state index in [1.807, 2.05) is 0 Å². The molecule has 0 atom stereocenters. The SMILES string of the molecule is O=Cc1cc(O)ccc1NC(=O)c1cc(O)c(O)c(O)c1. The minimum Gasteiger partial charge on any atom is -0.508 e. The maximum absolute atomic E-state index is 12.0. The number of aromatic hydroxyl groups is 4. The van der Waals surface area contributed by atoms with Gasteiger partial charge in [0.05, 0.1) is 5.69 Å². The van der Waals surface area contributed by atoms with Crippen molar-refractivity contribution in [2.75, 3.05) is 5.32 Å². The van der Waals surface area contributed by atoms with Gasteiger partial charge in [0.15, 0.2) is 23.5 Å². The molecule has 0 aliphatic rings. The molecule has 0 spiro atoms. The summed E-state index contributed by atoms with van der Waals surface area (Å²) in [5.74, 6) is -2.88. The predicted molar refractivity (Wildman–Crippen MR) is 72.9 cm³/mol. The first-order chi connectivity index (χ1) is 9.92. The number of benzene rings is 2. The third kappa shape index (κ3) is 2.86. The van der Waals surface area contributed by atoms with Crippen molar-refractivity contribution in [3.63, 3.8) is 0 Å². The Morgan fingerprint density at radius 2 is 1.62 bits per heavy atom. The van der Waals surface area contributed by atoms with E-state index in [4.69, 9.17) is 0 Å². The Morgan fingerprint density at radius 3 is 2.19 bits per heavy atom. The molecule has 0 bridgehead atoms. The van der Waals surface area contributed by atoms with Gasteiger partial charge in [-0.25, -0.2) is 0 Å². The summed E-state index contributed by atoms with van der Waals surface area (Å²) in [4.78, 5) is 22.9. The molecule has 1 amide bonds. The van der Waals surface area contributed by atoms with E-state index in [2.05, 4.69) is 5.32 Å². The lowest BCUT2D eigenvalue weighted by Gasteiger charge is -2.09. The van der Waals surface area contributed by atoms with Crippen molar-refractivity contribution < 1.29 is 30.0 Å². The predicted octanol–water partition coefficient (Wildman–Crippen LogP) is 1.57. The van der Waals surface area contributed by atoms with Crippen LogP contribution in [0.1, 0.15) is 20.7 Å². The van der Waals surface area contributed by atoms with Gasteiger partial charge < -0.3 is 25.7 Å². The Labute approximate surface area is 118 Å². The number of phenolic OH excluding ortho intramolecular Hbond substituents is 4. The summed E-state index contributed by atoms with van der Waals surface area (Å²) in [6, 6.07) is 5.72. The zero-order chi connectivity index (χ0) is 15.6. The van der Waals surface area contributed by atoms with Crippen LogP contribution in [0.25, 0.3) is 0 Å². The molecular weight excluding hydrogens is 278 g/mol. The monoisotopic (exact) mass is 289 g/mol. The summed E-state index contributed by atoms with van der Waals surface area (Å²) in [7, 11) is 0. The molecule has 0 unspecified atom stereocenters. The summed E-state index contributed by atoms with van der Waals surface area (Å²) in [6.07, 6.45) is 0.459. The summed E-state index contributed by atoms with van der Waals surface area (Å²) < 4.78 is 0. The van der Waals surface area contributed by atoms with E-state index >= 15 is 0 Å². The Morgan fingerprint density at radius 1 is 1.00 bits per heavy atom. The molecule has 108 valence electrons. The van der Waals surface area contributed by atoms with Gasteiger partial charge in [0, 0.05) is 11.1 Å². The number of hydrogen-bond acceptors (Lipinski definition) is 6. The topological polar surface area (TPSA) is 127 Å². The summed E-state index contributed by atoms with van der Waals surface area (Å²) in [6.45, 7) is 0. The highest BCUT2D eigenvalue weighted by atomic mass is 16.3. The van der Waals surface area contributed by atoms with Gasteiger partial charge in [0.1, 0.15) is 5.75 Å². The van der Waals surface area contributed by atoms with Gasteiger partial charge in [-0.1, -0.05) is 0 Å². The molecule has 0 aliphatic heterocycles. The second-order valence-corrected chi connectivity index (χ2v) is 4.21. The van der Waals surface area contributed by atoms with Gasteiger partial charge in [0.2, 0.25) is 0 Å². The van der Waals surface area contributed by atoms with E-state index in [-0.39, 0.29) is 22.6 Å². The van der Waals surface area contributed by atoms with Gasteiger partial charge >= 0.3 is 0 Å². The minimum absolute atomic E-state index is 0.0653. The van der Waals surface area contributed by atoms with Gasteiger partial charge in [-0.3, -0.25) is 9.59 Å². The third-order valence-electron chi connectivity index (χ3n) is 2.74. The molecule has 0 radical (unpaired) electrons. The zero-order valence-electron chi connectivity index (χ0n) is 10.6. The Balaban J connectivity index is 2.32. The number of carbonyl (C=O) groups excluding carboxylic acids is 2. The third-order valence-corrected chi connectivity index (χ3v) is 2.74. The highest BCUT2D eigenvalue weighted by Gasteiger charge is 2.15. The highest BCUT2D eigenvalue weighted by Crippen LogP contribution is 2.35. The molecule has 0 saturated heterocycles. The van der Waals surface area contributed by atoms with Gasteiger partial charge in [0.25, 0.3) is 5.91 Å². The largest absolute Gasteiger partial charge is 0.508 e. The van der Waals surface area contributed by atoms with Crippen LogP contribution in [0.15, 0.2) is 30.3 Å². The lowest BCUT2D eigenvalue weighted by Crippen LogP contribution is -2.13. The fraction of sp³-hybridized carbons (Fsp3) is 0. The molecule has 0 aliphatic carbocycles. The van der Waals surface area contributed by atoms with Crippen LogP contribution in [0, 0.1) is 0 Å². The fourth-order valence-electron chi connectivity index (χ4n) is 1.69. The van der Waals surface area contributed by atoms with Crippen molar-refractivity contribution in [2.24, 2.45) is 0 Å². The first-order valence-electron chi connectivity index (χ1n) is 5.77. The molecule has 7 nitrogen and oxygen atoms in total. The van der Waals surface area contributed by atoms with Crippen LogP contribution in [-0.2, 0) is 0 Å². The lowest BCUT2D eigenvalue weighted by molar-refractivity contribution is 0.102. The molecule has 5 N–H and O–H groups in total. The van der Waals surface area contributed by atoms with E-state index in [0.717, 1.165) is 12.1 Å². The van der Waals surface area contributed by atoms with Crippen molar-refractivity contribution >= 4 is 17.9 Å². The normalized spacial score (nSPS) is 10.1. The number of aldehydes is 1. The highest BCUT2D eigenvalue weighted by molar-refractivity contribution is 6.07. The van der Waals surface area contributed by atoms with E-state index in [9.17, 15) is 30.0 Å². The standard InChI is InChI=1S/C14H11NO6/c16-6-8-3-9(17)1-2-10(8)15-14(21)7-4-11(18)13(20)12(19)5-7/h1-6,17-20H,(H,15,21). The number of anilines is 1. The first-order valence-corrected chi connectivity index (χ1v) is 5.77. The van der Waals surface area contributed by atoms with Crippen LogP contribution in [0.5, 0.6) is 23.0 Å². The average molecular weight is 289 g/mol. The molecular formula is C14H11NO6. The Hall–Kier alpha value is -3.22. The van der Waals surface area contributed by atoms with Gasteiger partial charge in [-0.05, 0) is 30.3 Å². The van der Waals surface area contributed by atoms with E-state index in [0.29, 0.717) is 6.29 Å². The van der Waals surface area contributed by atoms with Crippen LogP contribution in [0.4, 0.5) is 5.69 Å². The fourth-order valence-corrected chi connectivity index (χ4v) is 1.69. The van der Waals surface area contributed by atoms with Crippen LogP contribution >= 0.6 is 0 Å². The second kappa shape index (κ2) is 5.41.